The fraction of sp³-hybridized carbons (Fsp3) is 0.258. The smallest absolute Gasteiger partial charge is 0.335 e. The summed E-state index contributed by atoms with van der Waals surface area (Å²) in [7, 11) is 0. The van der Waals surface area contributed by atoms with Crippen molar-refractivity contribution in [1.82, 2.24) is 0 Å². The van der Waals surface area contributed by atoms with Crippen LogP contribution in [0.15, 0.2) is 84.1 Å². The lowest BCUT2D eigenvalue weighted by atomic mass is 9.72. The normalized spacial score (nSPS) is 19.8. The number of anilines is 1. The lowest BCUT2D eigenvalue weighted by Gasteiger charge is -2.41. The van der Waals surface area contributed by atoms with Gasteiger partial charge in [-0.2, -0.15) is 0 Å². The third-order valence-electron chi connectivity index (χ3n) is 7.44. The minimum atomic E-state index is -1.11. The van der Waals surface area contributed by atoms with Crippen LogP contribution in [0.3, 0.4) is 0 Å². The van der Waals surface area contributed by atoms with Crippen LogP contribution in [0.25, 0.3) is 0 Å². The predicted molar refractivity (Wildman–Crippen MR) is 144 cm³/mol. The molecule has 0 fully saturated rings. The zero-order chi connectivity index (χ0) is 26.3. The first-order chi connectivity index (χ1) is 17.7. The van der Waals surface area contributed by atoms with Crippen molar-refractivity contribution in [2.24, 2.45) is 0 Å². The van der Waals surface area contributed by atoms with E-state index in [1.54, 1.807) is 0 Å². The summed E-state index contributed by atoms with van der Waals surface area (Å²) in [6.07, 6.45) is 0.939. The van der Waals surface area contributed by atoms with Crippen LogP contribution in [0.4, 0.5) is 5.69 Å². The lowest BCUT2D eigenvalue weighted by molar-refractivity contribution is -0.120. The van der Waals surface area contributed by atoms with E-state index in [0.29, 0.717) is 35.7 Å². The van der Waals surface area contributed by atoms with Crippen LogP contribution in [-0.4, -0.2) is 22.8 Å². The monoisotopic (exact) mass is 513 g/mol. The fourth-order valence-electron chi connectivity index (χ4n) is 5.49. The van der Waals surface area contributed by atoms with Gasteiger partial charge in [0.1, 0.15) is 0 Å². The number of carbonyl (C=O) groups is 3. The summed E-state index contributed by atoms with van der Waals surface area (Å²) in [5.41, 5.74) is 4.73. The number of nitrogens with zero attached hydrogens (tertiary/aromatic N) is 1. The highest BCUT2D eigenvalue weighted by atomic mass is 35.5. The van der Waals surface area contributed by atoms with E-state index in [1.807, 2.05) is 42.5 Å². The highest BCUT2D eigenvalue weighted by Gasteiger charge is 2.43. The number of Topliss-reactive ketones (excluding diaryl/α,β-unsaturated/α-hetero) is 1. The number of amides is 1. The SMILES string of the molecule is CC(C)c1ccc(C2CC(=O)N(c3cc(C(=O)O)ccc3Cl)C3=C2C(=O)CC(c2ccccc2)C3)cc1. The Kier molecular flexibility index (Phi) is 6.74. The molecule has 0 saturated heterocycles. The summed E-state index contributed by atoms with van der Waals surface area (Å²) in [4.78, 5) is 40.8. The zero-order valence-electron chi connectivity index (χ0n) is 20.8. The van der Waals surface area contributed by atoms with Gasteiger partial charge in [-0.3, -0.25) is 14.5 Å². The molecule has 1 heterocycles. The van der Waals surface area contributed by atoms with Crippen LogP contribution < -0.4 is 4.90 Å². The molecule has 2 atom stereocenters. The zero-order valence-corrected chi connectivity index (χ0v) is 21.5. The second-order valence-corrected chi connectivity index (χ2v) is 10.5. The molecule has 188 valence electrons. The number of ketones is 1. The number of halogens is 1. The van der Waals surface area contributed by atoms with E-state index < -0.39 is 5.97 Å². The Morgan fingerprint density at radius 3 is 2.27 bits per heavy atom. The Morgan fingerprint density at radius 2 is 1.62 bits per heavy atom. The maximum Gasteiger partial charge on any atom is 0.335 e. The molecule has 0 spiro atoms. The Morgan fingerprint density at radius 1 is 0.919 bits per heavy atom. The first-order valence-electron chi connectivity index (χ1n) is 12.5. The number of hydrogen-bond donors (Lipinski definition) is 1. The van der Waals surface area contributed by atoms with Crippen molar-refractivity contribution in [3.05, 3.63) is 111 Å². The standard InChI is InChI=1S/C31H28ClNO4/c1-18(2)19-8-10-21(11-9-19)24-17-29(35)33(26-14-22(31(36)37)12-13-25(26)32)27-15-23(16-28(34)30(24)27)20-6-4-3-5-7-20/h3-14,18,23-24H,15-17H2,1-2H3,(H,36,37). The molecule has 1 aliphatic heterocycles. The van der Waals surface area contributed by atoms with Gasteiger partial charge in [0.25, 0.3) is 0 Å². The van der Waals surface area contributed by atoms with Gasteiger partial charge in [-0.15, -0.1) is 0 Å². The lowest BCUT2D eigenvalue weighted by Crippen LogP contribution is -2.42. The second kappa shape index (κ2) is 9.98. The number of benzene rings is 3. The number of aromatic carboxylic acids is 1. The Bertz CT molecular complexity index is 1410. The van der Waals surface area contributed by atoms with Crippen LogP contribution in [0.5, 0.6) is 0 Å². The number of carboxylic acid groups (broad SMARTS) is 1. The quantitative estimate of drug-likeness (QED) is 0.395. The third-order valence-corrected chi connectivity index (χ3v) is 7.76. The molecule has 0 bridgehead atoms. The van der Waals surface area contributed by atoms with Crippen molar-refractivity contribution in [3.8, 4) is 0 Å². The maximum absolute atomic E-state index is 13.8. The highest BCUT2D eigenvalue weighted by molar-refractivity contribution is 6.34. The van der Waals surface area contributed by atoms with E-state index >= 15 is 0 Å². The number of carboxylic acids is 1. The van der Waals surface area contributed by atoms with Crippen LogP contribution in [0, 0.1) is 0 Å². The van der Waals surface area contributed by atoms with Crippen molar-refractivity contribution in [2.75, 3.05) is 4.90 Å². The molecule has 3 aromatic carbocycles. The van der Waals surface area contributed by atoms with E-state index in [4.69, 9.17) is 11.6 Å². The molecule has 5 rings (SSSR count). The Labute approximate surface area is 221 Å². The summed E-state index contributed by atoms with van der Waals surface area (Å²) in [5.74, 6) is -1.38. The molecular weight excluding hydrogens is 486 g/mol. The van der Waals surface area contributed by atoms with Gasteiger partial charge < -0.3 is 5.11 Å². The largest absolute Gasteiger partial charge is 0.478 e. The molecule has 2 aliphatic rings. The second-order valence-electron chi connectivity index (χ2n) is 10.1. The number of allylic oxidation sites excluding steroid dienone is 2. The van der Waals surface area contributed by atoms with Gasteiger partial charge in [-0.05, 0) is 53.1 Å². The van der Waals surface area contributed by atoms with Gasteiger partial charge in [-0.1, -0.05) is 80.0 Å². The van der Waals surface area contributed by atoms with Crippen molar-refractivity contribution >= 4 is 34.9 Å². The number of hydrogen-bond acceptors (Lipinski definition) is 3. The van der Waals surface area contributed by atoms with Crippen LogP contribution in [0.1, 0.15) is 77.9 Å². The molecule has 2 unspecified atom stereocenters. The summed E-state index contributed by atoms with van der Waals surface area (Å²) < 4.78 is 0. The minimum absolute atomic E-state index is 0.0102. The van der Waals surface area contributed by atoms with Gasteiger partial charge in [0, 0.05) is 30.0 Å². The van der Waals surface area contributed by atoms with Crippen molar-refractivity contribution in [2.45, 2.75) is 50.9 Å². The van der Waals surface area contributed by atoms with Crippen LogP contribution >= 0.6 is 11.6 Å². The molecule has 0 aromatic heterocycles. The van der Waals surface area contributed by atoms with Crippen molar-refractivity contribution in [3.63, 3.8) is 0 Å². The first-order valence-corrected chi connectivity index (χ1v) is 12.9. The van der Waals surface area contributed by atoms with Crippen LogP contribution in [0.2, 0.25) is 5.02 Å². The summed E-state index contributed by atoms with van der Waals surface area (Å²) in [6, 6.07) is 22.3. The minimum Gasteiger partial charge on any atom is -0.478 e. The highest BCUT2D eigenvalue weighted by Crippen LogP contribution is 2.48. The van der Waals surface area contributed by atoms with Crippen molar-refractivity contribution in [1.29, 1.82) is 0 Å². The van der Waals surface area contributed by atoms with E-state index in [-0.39, 0.29) is 40.5 Å². The summed E-state index contributed by atoms with van der Waals surface area (Å²) >= 11 is 6.53. The van der Waals surface area contributed by atoms with Gasteiger partial charge in [0.05, 0.1) is 16.3 Å². The average Bonchev–Trinajstić information content (AvgIpc) is 2.89. The number of rotatable bonds is 5. The van der Waals surface area contributed by atoms with E-state index in [9.17, 15) is 19.5 Å². The Hall–Kier alpha value is -3.70. The number of carbonyl (C=O) groups excluding carboxylic acids is 2. The molecular formula is C31H28ClNO4. The molecule has 1 aliphatic carbocycles. The van der Waals surface area contributed by atoms with E-state index in [1.165, 1.54) is 28.7 Å². The van der Waals surface area contributed by atoms with E-state index in [2.05, 4.69) is 26.0 Å². The molecule has 0 radical (unpaired) electrons. The van der Waals surface area contributed by atoms with Gasteiger partial charge >= 0.3 is 5.97 Å². The van der Waals surface area contributed by atoms with Gasteiger partial charge in [-0.25, -0.2) is 4.79 Å². The summed E-state index contributed by atoms with van der Waals surface area (Å²) in [5, 5.41) is 9.83. The molecule has 6 heteroatoms. The average molecular weight is 514 g/mol. The third kappa shape index (κ3) is 4.72. The van der Waals surface area contributed by atoms with Crippen LogP contribution in [-0.2, 0) is 9.59 Å². The molecule has 1 N–H and O–H groups in total. The Balaban J connectivity index is 1.67. The maximum atomic E-state index is 13.8. The van der Waals surface area contributed by atoms with E-state index in [0.717, 1.165) is 11.1 Å². The van der Waals surface area contributed by atoms with Gasteiger partial charge in [0.2, 0.25) is 5.91 Å². The van der Waals surface area contributed by atoms with Crippen molar-refractivity contribution < 1.29 is 19.5 Å². The topological polar surface area (TPSA) is 74.7 Å². The fourth-order valence-corrected chi connectivity index (χ4v) is 5.69. The summed E-state index contributed by atoms with van der Waals surface area (Å²) in [6.45, 7) is 4.25. The molecule has 5 nitrogen and oxygen atoms in total. The predicted octanol–water partition coefficient (Wildman–Crippen LogP) is 7.08. The molecule has 37 heavy (non-hydrogen) atoms. The molecule has 0 saturated carbocycles. The molecule has 3 aromatic rings. The first kappa shape index (κ1) is 25.0. The van der Waals surface area contributed by atoms with Gasteiger partial charge in [0.15, 0.2) is 5.78 Å². The molecule has 1 amide bonds.